The lowest BCUT2D eigenvalue weighted by Crippen LogP contribution is -2.74. The Balaban J connectivity index is 1.96. The molecule has 1 aliphatic carbocycles. The summed E-state index contributed by atoms with van der Waals surface area (Å²) in [7, 11) is 1.55. The lowest BCUT2D eigenvalue weighted by atomic mass is 9.54. The molecule has 138 valence electrons. The van der Waals surface area contributed by atoms with Crippen LogP contribution in [0.3, 0.4) is 0 Å². The molecule has 0 aromatic heterocycles. The number of hydrogen-bond donors (Lipinski definition) is 3. The number of hydrogen-bond acceptors (Lipinski definition) is 5. The molecule has 7 nitrogen and oxygen atoms in total. The molecule has 0 saturated heterocycles. The third kappa shape index (κ3) is 3.77. The van der Waals surface area contributed by atoms with Crippen LogP contribution in [0.15, 0.2) is 24.3 Å². The second-order valence-electron chi connectivity index (χ2n) is 6.78. The summed E-state index contributed by atoms with van der Waals surface area (Å²) >= 11 is 0. The van der Waals surface area contributed by atoms with Gasteiger partial charge in [-0.1, -0.05) is 13.8 Å². The third-order valence-electron chi connectivity index (χ3n) is 5.00. The zero-order valence-corrected chi connectivity index (χ0v) is 15.2. The molecule has 2 rings (SSSR count). The highest BCUT2D eigenvalue weighted by atomic mass is 16.5. The van der Waals surface area contributed by atoms with E-state index < -0.39 is 11.0 Å². The number of rotatable bonds is 7. The third-order valence-corrected chi connectivity index (χ3v) is 5.00. The maximum Gasteiger partial charge on any atom is 0.257 e. The van der Waals surface area contributed by atoms with E-state index in [0.717, 1.165) is 0 Å². The summed E-state index contributed by atoms with van der Waals surface area (Å²) in [6.45, 7) is 6.38. The van der Waals surface area contributed by atoms with E-state index in [1.807, 2.05) is 20.8 Å². The van der Waals surface area contributed by atoms with E-state index in [9.17, 15) is 9.59 Å². The van der Waals surface area contributed by atoms with Gasteiger partial charge in [-0.2, -0.15) is 0 Å². The minimum absolute atomic E-state index is 0.0197. The average molecular weight is 349 g/mol. The molecule has 25 heavy (non-hydrogen) atoms. The highest BCUT2D eigenvalue weighted by Gasteiger charge is 2.62. The van der Waals surface area contributed by atoms with Gasteiger partial charge in [0.1, 0.15) is 11.3 Å². The molecule has 1 aliphatic rings. The van der Waals surface area contributed by atoms with Gasteiger partial charge in [-0.25, -0.2) is 0 Å². The molecule has 1 aromatic carbocycles. The van der Waals surface area contributed by atoms with Crippen molar-refractivity contribution in [3.63, 3.8) is 0 Å². The molecule has 0 aliphatic heterocycles. The lowest BCUT2D eigenvalue weighted by Gasteiger charge is -2.57. The number of carbonyl (C=O) groups is 2. The van der Waals surface area contributed by atoms with E-state index in [1.54, 1.807) is 31.3 Å². The van der Waals surface area contributed by atoms with Crippen LogP contribution in [0.2, 0.25) is 0 Å². The fraction of sp³-hybridized carbons (Fsp3) is 0.556. The Hall–Kier alpha value is -2.12. The van der Waals surface area contributed by atoms with Crippen molar-refractivity contribution in [2.45, 2.75) is 38.8 Å². The van der Waals surface area contributed by atoms with Crippen molar-refractivity contribution in [3.8, 4) is 5.75 Å². The molecule has 0 heterocycles. The van der Waals surface area contributed by atoms with E-state index in [2.05, 4.69) is 10.6 Å². The highest BCUT2D eigenvalue weighted by molar-refractivity contribution is 5.99. The number of anilines is 1. The molecule has 4 N–H and O–H groups in total. The van der Waals surface area contributed by atoms with Gasteiger partial charge >= 0.3 is 0 Å². The number of likely N-dealkylation sites (N-methyl/N-ethyl adjacent to an activating group) is 1. The number of benzene rings is 1. The zero-order chi connectivity index (χ0) is 18.7. The van der Waals surface area contributed by atoms with E-state index in [4.69, 9.17) is 15.2 Å². The number of nitrogens with one attached hydrogen (secondary N) is 2. The predicted molar refractivity (Wildman–Crippen MR) is 95.4 cm³/mol. The molecule has 2 unspecified atom stereocenters. The smallest absolute Gasteiger partial charge is 0.257 e. The van der Waals surface area contributed by atoms with E-state index in [1.165, 1.54) is 0 Å². The van der Waals surface area contributed by atoms with Gasteiger partial charge < -0.3 is 25.8 Å². The molecule has 0 spiro atoms. The maximum atomic E-state index is 12.6. The van der Waals surface area contributed by atoms with Gasteiger partial charge in [0.05, 0.1) is 6.10 Å². The van der Waals surface area contributed by atoms with Crippen LogP contribution in [0.1, 0.15) is 27.2 Å². The van der Waals surface area contributed by atoms with Crippen molar-refractivity contribution in [1.82, 2.24) is 5.32 Å². The molecular formula is C18H27N3O4. The molecule has 2 atom stereocenters. The molecule has 0 bridgehead atoms. The van der Waals surface area contributed by atoms with Crippen LogP contribution in [0.4, 0.5) is 5.69 Å². The quantitative estimate of drug-likeness (QED) is 0.688. The SMILES string of the molecule is CCOC1CC(N)(C(=O)Nc2ccc(OCC(=O)NC)cc2)C1(C)C. The molecule has 2 amide bonds. The van der Waals surface area contributed by atoms with E-state index in [-0.39, 0.29) is 24.5 Å². The number of nitrogens with two attached hydrogens (primary N) is 1. The second-order valence-corrected chi connectivity index (χ2v) is 6.78. The van der Waals surface area contributed by atoms with Gasteiger partial charge in [0.25, 0.3) is 5.91 Å². The number of amides is 2. The topological polar surface area (TPSA) is 103 Å². The summed E-state index contributed by atoms with van der Waals surface area (Å²) < 4.78 is 11.0. The summed E-state index contributed by atoms with van der Waals surface area (Å²) in [4.78, 5) is 23.8. The van der Waals surface area contributed by atoms with Crippen molar-refractivity contribution in [1.29, 1.82) is 0 Å². The summed E-state index contributed by atoms with van der Waals surface area (Å²) in [6.07, 6.45) is 0.473. The molecule has 0 radical (unpaired) electrons. The van der Waals surface area contributed by atoms with Gasteiger partial charge in [0, 0.05) is 31.2 Å². The minimum atomic E-state index is -0.971. The Morgan fingerprint density at radius 1 is 1.28 bits per heavy atom. The van der Waals surface area contributed by atoms with Gasteiger partial charge in [-0.05, 0) is 31.2 Å². The van der Waals surface area contributed by atoms with Crippen molar-refractivity contribution < 1.29 is 19.1 Å². The summed E-state index contributed by atoms with van der Waals surface area (Å²) in [5, 5.41) is 5.33. The molecule has 1 fully saturated rings. The Morgan fingerprint density at radius 3 is 2.44 bits per heavy atom. The Morgan fingerprint density at radius 2 is 1.92 bits per heavy atom. The second kappa shape index (κ2) is 7.41. The molecule has 7 heteroatoms. The monoisotopic (exact) mass is 349 g/mol. The van der Waals surface area contributed by atoms with Crippen molar-refractivity contribution in [3.05, 3.63) is 24.3 Å². The fourth-order valence-electron chi connectivity index (χ4n) is 2.92. The van der Waals surface area contributed by atoms with E-state index >= 15 is 0 Å². The summed E-state index contributed by atoms with van der Waals surface area (Å²) in [6, 6.07) is 6.81. The first-order valence-corrected chi connectivity index (χ1v) is 8.40. The standard InChI is InChI=1S/C18H27N3O4/c1-5-24-14-10-18(19,17(14,2)3)16(23)21-12-6-8-13(9-7-12)25-11-15(22)20-4/h6-9,14H,5,10-11,19H2,1-4H3,(H,20,22)(H,21,23). The van der Waals surface area contributed by atoms with Crippen LogP contribution in [0.25, 0.3) is 0 Å². The van der Waals surface area contributed by atoms with Crippen LogP contribution in [0.5, 0.6) is 5.75 Å². The van der Waals surface area contributed by atoms with Crippen molar-refractivity contribution in [2.24, 2.45) is 11.1 Å². The van der Waals surface area contributed by atoms with Crippen molar-refractivity contribution in [2.75, 3.05) is 25.6 Å². The number of carbonyl (C=O) groups excluding carboxylic acids is 2. The van der Waals surface area contributed by atoms with Crippen LogP contribution < -0.4 is 21.1 Å². The molecule has 1 aromatic rings. The first-order chi connectivity index (χ1) is 11.7. The van der Waals surface area contributed by atoms with Crippen LogP contribution >= 0.6 is 0 Å². The fourth-order valence-corrected chi connectivity index (χ4v) is 2.92. The van der Waals surface area contributed by atoms with Crippen LogP contribution in [-0.2, 0) is 14.3 Å². The number of ether oxygens (including phenoxy) is 2. The van der Waals surface area contributed by atoms with Gasteiger partial charge in [-0.15, -0.1) is 0 Å². The van der Waals surface area contributed by atoms with E-state index in [0.29, 0.717) is 24.5 Å². The van der Waals surface area contributed by atoms with Gasteiger partial charge in [-0.3, -0.25) is 9.59 Å². The molecule has 1 saturated carbocycles. The van der Waals surface area contributed by atoms with Crippen LogP contribution in [-0.4, -0.2) is 43.7 Å². The highest BCUT2D eigenvalue weighted by Crippen LogP contribution is 2.50. The Bertz CT molecular complexity index is 630. The van der Waals surface area contributed by atoms with Crippen LogP contribution in [0, 0.1) is 5.41 Å². The first-order valence-electron chi connectivity index (χ1n) is 8.40. The predicted octanol–water partition coefficient (Wildman–Crippen LogP) is 1.28. The first kappa shape index (κ1) is 19.2. The lowest BCUT2D eigenvalue weighted by molar-refractivity contribution is -0.166. The normalized spacial score (nSPS) is 24.1. The maximum absolute atomic E-state index is 12.6. The zero-order valence-electron chi connectivity index (χ0n) is 15.2. The van der Waals surface area contributed by atoms with Gasteiger partial charge in [0.15, 0.2) is 6.61 Å². The summed E-state index contributed by atoms with van der Waals surface area (Å²) in [5.41, 5.74) is 5.57. The molecular weight excluding hydrogens is 322 g/mol. The average Bonchev–Trinajstić information content (AvgIpc) is 2.60. The largest absolute Gasteiger partial charge is 0.484 e. The summed E-state index contributed by atoms with van der Waals surface area (Å²) in [5.74, 6) is 0.107. The minimum Gasteiger partial charge on any atom is -0.484 e. The Kier molecular flexibility index (Phi) is 5.69. The van der Waals surface area contributed by atoms with Crippen molar-refractivity contribution >= 4 is 17.5 Å². The Labute approximate surface area is 148 Å². The van der Waals surface area contributed by atoms with Gasteiger partial charge in [0.2, 0.25) is 5.91 Å².